The van der Waals surface area contributed by atoms with E-state index in [0.717, 1.165) is 32.1 Å². The fraction of sp³-hybridized carbons (Fsp3) is 0.750. The first-order valence-electron chi connectivity index (χ1n) is 19.5. The van der Waals surface area contributed by atoms with Gasteiger partial charge in [-0.2, -0.15) is 0 Å². The van der Waals surface area contributed by atoms with Crippen molar-refractivity contribution in [2.24, 2.45) is 0 Å². The first-order chi connectivity index (χ1) is 24.2. The van der Waals surface area contributed by atoms with Crippen molar-refractivity contribution in [1.29, 1.82) is 0 Å². The zero-order valence-corrected chi connectivity index (χ0v) is 32.3. The highest BCUT2D eigenvalue weighted by Gasteiger charge is 2.22. The molecule has 2 atom stereocenters. The molecular formula is C40H71O9P. The van der Waals surface area contributed by atoms with Crippen molar-refractivity contribution in [1.82, 2.24) is 0 Å². The molecule has 9 nitrogen and oxygen atoms in total. The number of carbonyl (C=O) groups is 2. The van der Waals surface area contributed by atoms with Crippen LogP contribution in [0.15, 0.2) is 48.6 Å². The van der Waals surface area contributed by atoms with Gasteiger partial charge in [0.05, 0.1) is 12.7 Å². The van der Waals surface area contributed by atoms with Crippen LogP contribution in [-0.4, -0.2) is 52.3 Å². The molecule has 0 spiro atoms. The molecule has 0 aromatic heterocycles. The third-order valence-electron chi connectivity index (χ3n) is 8.18. The summed E-state index contributed by atoms with van der Waals surface area (Å²) in [4.78, 5) is 42.7. The molecule has 0 aromatic rings. The molecule has 0 aliphatic rings. The lowest BCUT2D eigenvalue weighted by molar-refractivity contribution is -0.161. The van der Waals surface area contributed by atoms with Crippen molar-refractivity contribution < 1.29 is 43.0 Å². The zero-order valence-electron chi connectivity index (χ0n) is 31.4. The van der Waals surface area contributed by atoms with Crippen LogP contribution in [0, 0.1) is 0 Å². The minimum absolute atomic E-state index is 0.0773. The maximum absolute atomic E-state index is 12.4. The van der Waals surface area contributed by atoms with Crippen LogP contribution in [-0.2, 0) is 28.2 Å². The van der Waals surface area contributed by atoms with Crippen molar-refractivity contribution in [3.63, 3.8) is 0 Å². The minimum atomic E-state index is -4.79. The Morgan fingerprint density at radius 3 is 1.78 bits per heavy atom. The summed E-state index contributed by atoms with van der Waals surface area (Å²) in [5, 5.41) is 10.1. The standard InChI is InChI=1S/C40H71O9P/c1-3-5-7-9-11-13-14-15-16-17-19-21-25-29-33-39(42)47-35-38(36-48-50(44,45)46)49-40(43)34-30-26-22-24-28-32-37(41)31-27-23-20-18-12-10-8-6-4-2/h12,18,22-24,27-28,32,37-38,41H,3-11,13-17,19-21,25-26,29-31,33-36H2,1-2H3,(H2,44,45,46)/b18-12-,24-22+,27-23-,32-28-/t37?,38-/m1/s1. The summed E-state index contributed by atoms with van der Waals surface area (Å²) in [6, 6.07) is 0. The number of rotatable bonds is 35. The highest BCUT2D eigenvalue weighted by Crippen LogP contribution is 2.36. The Balaban J connectivity index is 4.15. The van der Waals surface area contributed by atoms with Crippen molar-refractivity contribution in [3.05, 3.63) is 48.6 Å². The number of aliphatic hydroxyl groups excluding tert-OH is 1. The Morgan fingerprint density at radius 1 is 0.620 bits per heavy atom. The summed E-state index contributed by atoms with van der Waals surface area (Å²) in [6.45, 7) is 3.52. The Labute approximate surface area is 304 Å². The summed E-state index contributed by atoms with van der Waals surface area (Å²) in [5.74, 6) is -1.01. The highest BCUT2D eigenvalue weighted by molar-refractivity contribution is 7.46. The molecule has 0 amide bonds. The molecule has 0 aliphatic carbocycles. The van der Waals surface area contributed by atoms with Gasteiger partial charge in [-0.05, 0) is 44.9 Å². The number of unbranched alkanes of at least 4 members (excludes halogenated alkanes) is 17. The number of allylic oxidation sites excluding steroid dienone is 6. The second-order valence-electron chi connectivity index (χ2n) is 13.1. The zero-order chi connectivity index (χ0) is 37.0. The third-order valence-corrected chi connectivity index (χ3v) is 8.67. The predicted molar refractivity (Wildman–Crippen MR) is 204 cm³/mol. The molecule has 0 heterocycles. The van der Waals surface area contributed by atoms with Gasteiger partial charge in [0.1, 0.15) is 6.61 Å². The first-order valence-corrected chi connectivity index (χ1v) is 21.1. The second kappa shape index (κ2) is 35.4. The van der Waals surface area contributed by atoms with E-state index in [1.807, 2.05) is 18.2 Å². The van der Waals surface area contributed by atoms with Crippen molar-refractivity contribution in [3.8, 4) is 0 Å². The van der Waals surface area contributed by atoms with Gasteiger partial charge in [-0.15, -0.1) is 0 Å². The fourth-order valence-corrected chi connectivity index (χ4v) is 5.57. The Morgan fingerprint density at radius 2 is 1.16 bits per heavy atom. The molecular weight excluding hydrogens is 655 g/mol. The largest absolute Gasteiger partial charge is 0.469 e. The van der Waals surface area contributed by atoms with Gasteiger partial charge in [0, 0.05) is 12.8 Å². The fourth-order valence-electron chi connectivity index (χ4n) is 5.21. The Hall–Kier alpha value is -2.03. The van der Waals surface area contributed by atoms with Gasteiger partial charge in [-0.25, -0.2) is 4.57 Å². The molecule has 0 fully saturated rings. The third kappa shape index (κ3) is 37.2. The average Bonchev–Trinajstić information content (AvgIpc) is 3.08. The molecule has 1 unspecified atom stereocenters. The summed E-state index contributed by atoms with van der Waals surface area (Å²) in [5.41, 5.74) is 0. The lowest BCUT2D eigenvalue weighted by Gasteiger charge is -2.18. The molecule has 0 aliphatic heterocycles. The number of phosphoric acid groups is 1. The number of phosphoric ester groups is 1. The minimum Gasteiger partial charge on any atom is -0.462 e. The maximum atomic E-state index is 12.4. The molecule has 0 saturated carbocycles. The number of ether oxygens (including phenoxy) is 2. The summed E-state index contributed by atoms with van der Waals surface area (Å²) in [6.07, 6.45) is 38.6. The molecule has 0 bridgehead atoms. The smallest absolute Gasteiger partial charge is 0.462 e. The summed E-state index contributed by atoms with van der Waals surface area (Å²) in [7, 11) is -4.79. The lowest BCUT2D eigenvalue weighted by atomic mass is 10.0. The monoisotopic (exact) mass is 726 g/mol. The summed E-state index contributed by atoms with van der Waals surface area (Å²) < 4.78 is 26.2. The topological polar surface area (TPSA) is 140 Å². The van der Waals surface area contributed by atoms with Crippen LogP contribution in [0.4, 0.5) is 0 Å². The quantitative estimate of drug-likeness (QED) is 0.0191. The van der Waals surface area contributed by atoms with Crippen LogP contribution in [0.25, 0.3) is 0 Å². The van der Waals surface area contributed by atoms with Gasteiger partial charge in [-0.3, -0.25) is 14.1 Å². The van der Waals surface area contributed by atoms with Crippen LogP contribution in [0.1, 0.15) is 168 Å². The normalized spacial score (nSPS) is 13.6. The van der Waals surface area contributed by atoms with Gasteiger partial charge in [-0.1, -0.05) is 159 Å². The van der Waals surface area contributed by atoms with Gasteiger partial charge >= 0.3 is 19.8 Å². The molecule has 0 rings (SSSR count). The van der Waals surface area contributed by atoms with E-state index in [-0.39, 0.29) is 19.4 Å². The molecule has 290 valence electrons. The van der Waals surface area contributed by atoms with Crippen molar-refractivity contribution >= 4 is 19.8 Å². The molecule has 3 N–H and O–H groups in total. The van der Waals surface area contributed by atoms with E-state index in [0.29, 0.717) is 25.7 Å². The van der Waals surface area contributed by atoms with E-state index in [1.54, 1.807) is 12.2 Å². The van der Waals surface area contributed by atoms with Crippen LogP contribution in [0.2, 0.25) is 0 Å². The molecule has 0 radical (unpaired) electrons. The van der Waals surface area contributed by atoms with Crippen LogP contribution in [0.5, 0.6) is 0 Å². The van der Waals surface area contributed by atoms with E-state index in [1.165, 1.54) is 83.5 Å². The van der Waals surface area contributed by atoms with E-state index < -0.39 is 38.6 Å². The molecule has 50 heavy (non-hydrogen) atoms. The van der Waals surface area contributed by atoms with E-state index in [9.17, 15) is 19.3 Å². The molecule has 0 aromatic carbocycles. The van der Waals surface area contributed by atoms with E-state index >= 15 is 0 Å². The Bertz CT molecular complexity index is 970. The average molecular weight is 727 g/mol. The number of hydrogen-bond donors (Lipinski definition) is 3. The SMILES string of the molecule is CCCCC/C=C\C/C=C\CC(O)/C=C\C=C\CCCC(=O)O[C@H](COC(=O)CCCCCCCCCCCCCCCC)COP(=O)(O)O. The highest BCUT2D eigenvalue weighted by atomic mass is 31.2. The second-order valence-corrected chi connectivity index (χ2v) is 14.3. The van der Waals surface area contributed by atoms with E-state index in [2.05, 4.69) is 36.6 Å². The van der Waals surface area contributed by atoms with Gasteiger partial charge < -0.3 is 24.4 Å². The van der Waals surface area contributed by atoms with Crippen LogP contribution < -0.4 is 0 Å². The van der Waals surface area contributed by atoms with Crippen LogP contribution in [0.3, 0.4) is 0 Å². The predicted octanol–water partition coefficient (Wildman–Crippen LogP) is 10.5. The van der Waals surface area contributed by atoms with Crippen molar-refractivity contribution in [2.45, 2.75) is 180 Å². The Kier molecular flexibility index (Phi) is 33.9. The van der Waals surface area contributed by atoms with Gasteiger partial charge in [0.2, 0.25) is 0 Å². The first kappa shape index (κ1) is 48.0. The molecule has 10 heteroatoms. The number of esters is 2. The maximum Gasteiger partial charge on any atom is 0.469 e. The number of aliphatic hydroxyl groups is 1. The molecule has 0 saturated heterocycles. The number of hydrogen-bond acceptors (Lipinski definition) is 7. The van der Waals surface area contributed by atoms with Gasteiger partial charge in [0.15, 0.2) is 6.10 Å². The lowest BCUT2D eigenvalue weighted by Crippen LogP contribution is -2.29. The van der Waals surface area contributed by atoms with Crippen molar-refractivity contribution in [2.75, 3.05) is 13.2 Å². The van der Waals surface area contributed by atoms with Gasteiger partial charge in [0.25, 0.3) is 0 Å². The summed E-state index contributed by atoms with van der Waals surface area (Å²) >= 11 is 0. The number of carbonyl (C=O) groups excluding carboxylic acids is 2. The van der Waals surface area contributed by atoms with E-state index in [4.69, 9.17) is 19.3 Å². The van der Waals surface area contributed by atoms with Crippen LogP contribution >= 0.6 is 7.82 Å².